The standard InChI is InChI=1S/C30H34N4O2S/c31-15-6-5-14-27-30(36)34(20-22-10-7-9-21-8-1-2-11-24(21)22)16-17-37-28(29(35)33-27)18-23-19-32-26-13-4-3-12-25(23)26/h1-4,7-13,19,27-28,32H,5-6,14-18,20,31H2,(H,33,35)/t27-,28-/m0/s1. The molecule has 0 aliphatic carbocycles. The van der Waals surface area contributed by atoms with E-state index in [2.05, 4.69) is 40.6 Å². The van der Waals surface area contributed by atoms with Crippen LogP contribution in [0.3, 0.4) is 0 Å². The van der Waals surface area contributed by atoms with Gasteiger partial charge in [-0.15, -0.1) is 11.8 Å². The number of carbonyl (C=O) groups excluding carboxylic acids is 2. The highest BCUT2D eigenvalue weighted by Crippen LogP contribution is 2.26. The van der Waals surface area contributed by atoms with Crippen LogP contribution < -0.4 is 11.1 Å². The van der Waals surface area contributed by atoms with Crippen LogP contribution in [0, 0.1) is 0 Å². The van der Waals surface area contributed by atoms with Gasteiger partial charge in [0.2, 0.25) is 11.8 Å². The molecular weight excluding hydrogens is 480 g/mol. The Labute approximate surface area is 222 Å². The van der Waals surface area contributed by atoms with E-state index in [0.29, 0.717) is 38.2 Å². The third-order valence-electron chi connectivity index (χ3n) is 7.17. The first-order valence-electron chi connectivity index (χ1n) is 13.1. The number of H-pyrrole nitrogens is 1. The quantitative estimate of drug-likeness (QED) is 0.299. The highest BCUT2D eigenvalue weighted by molar-refractivity contribution is 8.00. The number of rotatable bonds is 8. The van der Waals surface area contributed by atoms with E-state index in [1.54, 1.807) is 11.8 Å². The van der Waals surface area contributed by atoms with Crippen molar-refractivity contribution in [1.82, 2.24) is 15.2 Å². The van der Waals surface area contributed by atoms with Gasteiger partial charge >= 0.3 is 0 Å². The molecular formula is C30H34N4O2S. The number of nitrogens with one attached hydrogen (secondary N) is 2. The largest absolute Gasteiger partial charge is 0.361 e. The van der Waals surface area contributed by atoms with Crippen molar-refractivity contribution in [3.63, 3.8) is 0 Å². The summed E-state index contributed by atoms with van der Waals surface area (Å²) in [6, 6.07) is 22.1. The molecule has 3 aromatic carbocycles. The lowest BCUT2D eigenvalue weighted by molar-refractivity contribution is -0.136. The molecule has 5 rings (SSSR count). The Hall–Kier alpha value is -3.29. The Bertz CT molecular complexity index is 1380. The van der Waals surface area contributed by atoms with Crippen LogP contribution in [0.25, 0.3) is 21.7 Å². The molecule has 1 aliphatic rings. The number of hydrogen-bond acceptors (Lipinski definition) is 4. The lowest BCUT2D eigenvalue weighted by atomic mass is 10.0. The number of unbranched alkanes of at least 4 members (excludes halogenated alkanes) is 1. The van der Waals surface area contributed by atoms with Crippen molar-refractivity contribution in [3.05, 3.63) is 84.1 Å². The van der Waals surface area contributed by atoms with Crippen LogP contribution in [0.5, 0.6) is 0 Å². The van der Waals surface area contributed by atoms with Gasteiger partial charge in [-0.2, -0.15) is 0 Å². The van der Waals surface area contributed by atoms with Crippen molar-refractivity contribution in [2.45, 2.75) is 43.5 Å². The van der Waals surface area contributed by atoms with Crippen molar-refractivity contribution < 1.29 is 9.59 Å². The summed E-state index contributed by atoms with van der Waals surface area (Å²) < 4.78 is 0. The first-order valence-corrected chi connectivity index (χ1v) is 14.1. The van der Waals surface area contributed by atoms with Gasteiger partial charge in [-0.1, -0.05) is 60.7 Å². The Morgan fingerprint density at radius 2 is 1.70 bits per heavy atom. The van der Waals surface area contributed by atoms with E-state index in [1.165, 1.54) is 0 Å². The van der Waals surface area contributed by atoms with Crippen LogP contribution in [0.1, 0.15) is 30.4 Å². The zero-order valence-corrected chi connectivity index (χ0v) is 21.8. The molecule has 0 saturated carbocycles. The zero-order chi connectivity index (χ0) is 25.6. The van der Waals surface area contributed by atoms with Gasteiger partial charge in [-0.05, 0) is 60.2 Å². The number of para-hydroxylation sites is 1. The molecule has 37 heavy (non-hydrogen) atoms. The predicted octanol–water partition coefficient (Wildman–Crippen LogP) is 4.62. The van der Waals surface area contributed by atoms with E-state index in [4.69, 9.17) is 5.73 Å². The lowest BCUT2D eigenvalue weighted by Crippen LogP contribution is -2.49. The first-order chi connectivity index (χ1) is 18.1. The van der Waals surface area contributed by atoms with E-state index in [1.807, 2.05) is 47.5 Å². The molecule has 192 valence electrons. The number of fused-ring (bicyclic) bond motifs is 2. The Morgan fingerprint density at radius 1 is 0.919 bits per heavy atom. The maximum Gasteiger partial charge on any atom is 0.245 e. The molecule has 1 fully saturated rings. The minimum absolute atomic E-state index is 0.00773. The number of thioether (sulfide) groups is 1. The molecule has 4 N–H and O–H groups in total. The normalized spacial score (nSPS) is 19.0. The van der Waals surface area contributed by atoms with Crippen LogP contribution >= 0.6 is 11.8 Å². The van der Waals surface area contributed by atoms with Crippen molar-refractivity contribution in [3.8, 4) is 0 Å². The molecule has 0 radical (unpaired) electrons. The number of carbonyl (C=O) groups is 2. The Morgan fingerprint density at radius 3 is 2.57 bits per heavy atom. The molecule has 0 bridgehead atoms. The van der Waals surface area contributed by atoms with Gasteiger partial charge < -0.3 is 20.9 Å². The summed E-state index contributed by atoms with van der Waals surface area (Å²) in [6.07, 6.45) is 4.85. The van der Waals surface area contributed by atoms with Crippen LogP contribution in [0.2, 0.25) is 0 Å². The van der Waals surface area contributed by atoms with Crippen molar-refractivity contribution in [2.24, 2.45) is 5.73 Å². The van der Waals surface area contributed by atoms with E-state index in [-0.39, 0.29) is 17.1 Å². The lowest BCUT2D eigenvalue weighted by Gasteiger charge is -2.27. The number of nitrogens with zero attached hydrogens (tertiary/aromatic N) is 1. The smallest absolute Gasteiger partial charge is 0.245 e. The van der Waals surface area contributed by atoms with Gasteiger partial charge in [0.05, 0.1) is 5.25 Å². The topological polar surface area (TPSA) is 91.2 Å². The maximum absolute atomic E-state index is 13.8. The molecule has 0 unspecified atom stereocenters. The minimum Gasteiger partial charge on any atom is -0.361 e. The average Bonchev–Trinajstić information content (AvgIpc) is 3.35. The summed E-state index contributed by atoms with van der Waals surface area (Å²) in [5, 5.41) is 6.33. The average molecular weight is 515 g/mol. The number of amides is 2. The zero-order valence-electron chi connectivity index (χ0n) is 21.0. The predicted molar refractivity (Wildman–Crippen MR) is 152 cm³/mol. The SMILES string of the molecule is NCCCC[C@@H]1NC(=O)[C@H](Cc2c[nH]c3ccccc23)SCCN(Cc2cccc3ccccc23)C1=O. The molecule has 2 heterocycles. The summed E-state index contributed by atoms with van der Waals surface area (Å²) >= 11 is 1.64. The maximum atomic E-state index is 13.8. The van der Waals surface area contributed by atoms with Gasteiger partial charge in [0, 0.05) is 35.9 Å². The number of nitrogens with two attached hydrogens (primary N) is 1. The summed E-state index contributed by atoms with van der Waals surface area (Å²) in [7, 11) is 0. The highest BCUT2D eigenvalue weighted by atomic mass is 32.2. The number of aromatic amines is 1. The fourth-order valence-electron chi connectivity index (χ4n) is 5.17. The molecule has 1 saturated heterocycles. The van der Waals surface area contributed by atoms with E-state index < -0.39 is 6.04 Å². The third kappa shape index (κ3) is 5.84. The second kappa shape index (κ2) is 11.8. The molecule has 1 aromatic heterocycles. The molecule has 7 heteroatoms. The van der Waals surface area contributed by atoms with Crippen LogP contribution in [0.4, 0.5) is 0 Å². The molecule has 6 nitrogen and oxygen atoms in total. The number of aromatic nitrogens is 1. The van der Waals surface area contributed by atoms with Gasteiger partial charge in [0.1, 0.15) is 6.04 Å². The molecule has 0 spiro atoms. The molecule has 4 aromatic rings. The fourth-order valence-corrected chi connectivity index (χ4v) is 6.30. The van der Waals surface area contributed by atoms with Crippen LogP contribution in [-0.4, -0.2) is 51.8 Å². The Kier molecular flexibility index (Phi) is 8.12. The Balaban J connectivity index is 1.39. The third-order valence-corrected chi connectivity index (χ3v) is 8.37. The van der Waals surface area contributed by atoms with Crippen molar-refractivity contribution >= 4 is 45.3 Å². The van der Waals surface area contributed by atoms with Crippen molar-refractivity contribution in [1.29, 1.82) is 0 Å². The number of hydrogen-bond donors (Lipinski definition) is 3. The minimum atomic E-state index is -0.543. The second-order valence-corrected chi connectivity index (χ2v) is 11.0. The summed E-state index contributed by atoms with van der Waals surface area (Å²) in [6.45, 7) is 1.70. The van der Waals surface area contributed by atoms with Gasteiger partial charge in [-0.3, -0.25) is 9.59 Å². The van der Waals surface area contributed by atoms with Gasteiger partial charge in [0.25, 0.3) is 0 Å². The van der Waals surface area contributed by atoms with Gasteiger partial charge in [0.15, 0.2) is 0 Å². The first kappa shape index (κ1) is 25.4. The van der Waals surface area contributed by atoms with Crippen molar-refractivity contribution in [2.75, 3.05) is 18.8 Å². The van der Waals surface area contributed by atoms with Gasteiger partial charge in [-0.25, -0.2) is 0 Å². The van der Waals surface area contributed by atoms with E-state index in [9.17, 15) is 9.59 Å². The molecule has 2 amide bonds. The van der Waals surface area contributed by atoms with E-state index in [0.717, 1.165) is 45.6 Å². The highest BCUT2D eigenvalue weighted by Gasteiger charge is 2.31. The molecule has 1 aliphatic heterocycles. The summed E-state index contributed by atoms with van der Waals surface area (Å²) in [4.78, 5) is 32.5. The number of benzene rings is 3. The fraction of sp³-hybridized carbons (Fsp3) is 0.333. The molecule has 2 atom stereocenters. The van der Waals surface area contributed by atoms with Crippen LogP contribution in [0.15, 0.2) is 72.9 Å². The van der Waals surface area contributed by atoms with Crippen LogP contribution in [-0.2, 0) is 22.6 Å². The second-order valence-electron chi connectivity index (χ2n) is 9.67. The summed E-state index contributed by atoms with van der Waals surface area (Å²) in [5.74, 6) is 0.631. The monoisotopic (exact) mass is 514 g/mol. The van der Waals surface area contributed by atoms with E-state index >= 15 is 0 Å². The summed E-state index contributed by atoms with van der Waals surface area (Å²) in [5.41, 5.74) is 9.04.